The summed E-state index contributed by atoms with van der Waals surface area (Å²) in [5.74, 6) is 2.66. The van der Waals surface area contributed by atoms with E-state index in [2.05, 4.69) is 27.8 Å². The molecule has 0 N–H and O–H groups in total. The molecule has 0 radical (unpaired) electrons. The van der Waals surface area contributed by atoms with Crippen LogP contribution in [-0.2, 0) is 13.1 Å². The SMILES string of the molecule is C#CCN(CC)Cc1csc(Cn2ncc3ccccc3c2=O)n1. The number of nitrogens with zero attached hydrogens (tertiary/aromatic N) is 4. The van der Waals surface area contributed by atoms with E-state index >= 15 is 0 Å². The van der Waals surface area contributed by atoms with Crippen LogP contribution in [0.2, 0.25) is 0 Å². The van der Waals surface area contributed by atoms with Crippen LogP contribution in [0.5, 0.6) is 0 Å². The average Bonchev–Trinajstić information content (AvgIpc) is 3.04. The van der Waals surface area contributed by atoms with Crippen molar-refractivity contribution < 1.29 is 0 Å². The van der Waals surface area contributed by atoms with Gasteiger partial charge in [0, 0.05) is 17.3 Å². The maximum absolute atomic E-state index is 12.5. The van der Waals surface area contributed by atoms with Crippen molar-refractivity contribution in [2.24, 2.45) is 0 Å². The van der Waals surface area contributed by atoms with Gasteiger partial charge in [-0.05, 0) is 12.6 Å². The molecule has 3 aromatic rings. The van der Waals surface area contributed by atoms with E-state index in [4.69, 9.17) is 6.42 Å². The van der Waals surface area contributed by atoms with Gasteiger partial charge in [-0.25, -0.2) is 9.67 Å². The van der Waals surface area contributed by atoms with Gasteiger partial charge in [0.25, 0.3) is 5.56 Å². The van der Waals surface area contributed by atoms with E-state index in [9.17, 15) is 4.79 Å². The van der Waals surface area contributed by atoms with Gasteiger partial charge in [-0.2, -0.15) is 5.10 Å². The van der Waals surface area contributed by atoms with Crippen molar-refractivity contribution in [3.8, 4) is 12.3 Å². The number of rotatable bonds is 6. The second-order valence-electron chi connectivity index (χ2n) is 5.43. The summed E-state index contributed by atoms with van der Waals surface area (Å²) in [6.07, 6.45) is 7.09. The van der Waals surface area contributed by atoms with Crippen molar-refractivity contribution in [1.82, 2.24) is 19.7 Å². The van der Waals surface area contributed by atoms with Gasteiger partial charge in [-0.3, -0.25) is 9.69 Å². The quantitative estimate of drug-likeness (QED) is 0.648. The van der Waals surface area contributed by atoms with Crippen LogP contribution < -0.4 is 5.56 Å². The molecule has 122 valence electrons. The lowest BCUT2D eigenvalue weighted by Crippen LogP contribution is -2.24. The molecule has 0 saturated carbocycles. The first-order valence-corrected chi connectivity index (χ1v) is 8.63. The number of aromatic nitrogens is 3. The van der Waals surface area contributed by atoms with E-state index in [-0.39, 0.29) is 5.56 Å². The largest absolute Gasteiger partial charge is 0.287 e. The molecule has 2 aromatic heterocycles. The molecule has 2 heterocycles. The molecule has 0 saturated heterocycles. The van der Waals surface area contributed by atoms with Gasteiger partial charge in [0.1, 0.15) is 5.01 Å². The molecule has 24 heavy (non-hydrogen) atoms. The maximum atomic E-state index is 12.5. The van der Waals surface area contributed by atoms with Crippen LogP contribution in [0, 0.1) is 12.3 Å². The highest BCUT2D eigenvalue weighted by atomic mass is 32.1. The van der Waals surface area contributed by atoms with E-state index in [0.29, 0.717) is 18.5 Å². The van der Waals surface area contributed by atoms with E-state index in [1.54, 1.807) is 6.20 Å². The molecule has 0 atom stereocenters. The van der Waals surface area contributed by atoms with Gasteiger partial charge in [-0.1, -0.05) is 31.0 Å². The minimum absolute atomic E-state index is 0.0904. The molecule has 0 amide bonds. The highest BCUT2D eigenvalue weighted by Gasteiger charge is 2.09. The first-order chi connectivity index (χ1) is 11.7. The molecule has 0 spiro atoms. The Hall–Kier alpha value is -2.49. The summed E-state index contributed by atoms with van der Waals surface area (Å²) < 4.78 is 1.46. The Kier molecular flexibility index (Phi) is 5.04. The Bertz CT molecular complexity index is 938. The Balaban J connectivity index is 1.79. The summed E-state index contributed by atoms with van der Waals surface area (Å²) in [6.45, 7) is 4.66. The second kappa shape index (κ2) is 7.39. The molecular formula is C18H18N4OS. The van der Waals surface area contributed by atoms with Crippen molar-refractivity contribution in [3.05, 3.63) is 56.9 Å². The summed E-state index contributed by atoms with van der Waals surface area (Å²) in [7, 11) is 0. The van der Waals surface area contributed by atoms with E-state index in [1.165, 1.54) is 16.0 Å². The number of thiazole rings is 1. The van der Waals surface area contributed by atoms with Gasteiger partial charge < -0.3 is 0 Å². The van der Waals surface area contributed by atoms with Crippen molar-refractivity contribution in [2.45, 2.75) is 20.0 Å². The zero-order valence-electron chi connectivity index (χ0n) is 13.5. The third-order valence-corrected chi connectivity index (χ3v) is 4.68. The smallest absolute Gasteiger partial charge is 0.275 e. The van der Waals surface area contributed by atoms with Crippen LogP contribution in [0.3, 0.4) is 0 Å². The van der Waals surface area contributed by atoms with Crippen LogP contribution in [-0.4, -0.2) is 32.8 Å². The molecule has 0 aliphatic carbocycles. The number of hydrogen-bond donors (Lipinski definition) is 0. The summed E-state index contributed by atoms with van der Waals surface area (Å²) in [5.41, 5.74) is 0.883. The topological polar surface area (TPSA) is 51.0 Å². The minimum atomic E-state index is -0.0904. The lowest BCUT2D eigenvalue weighted by atomic mass is 10.2. The van der Waals surface area contributed by atoms with Crippen molar-refractivity contribution in [3.63, 3.8) is 0 Å². The van der Waals surface area contributed by atoms with Crippen LogP contribution in [0.4, 0.5) is 0 Å². The summed E-state index contributed by atoms with van der Waals surface area (Å²) in [6, 6.07) is 7.47. The number of terminal acetylenes is 1. The van der Waals surface area contributed by atoms with Gasteiger partial charge >= 0.3 is 0 Å². The molecule has 1 aromatic carbocycles. The monoisotopic (exact) mass is 338 g/mol. The summed E-state index contributed by atoms with van der Waals surface area (Å²) in [5, 5.41) is 8.66. The molecule has 3 rings (SSSR count). The molecule has 0 fully saturated rings. The molecule has 5 nitrogen and oxygen atoms in total. The summed E-state index contributed by atoms with van der Waals surface area (Å²) >= 11 is 1.54. The fraction of sp³-hybridized carbons (Fsp3) is 0.278. The van der Waals surface area contributed by atoms with Crippen LogP contribution in [0.1, 0.15) is 17.6 Å². The number of benzene rings is 1. The predicted octanol–water partition coefficient (Wildman–Crippen LogP) is 2.36. The molecule has 0 bridgehead atoms. The number of hydrogen-bond acceptors (Lipinski definition) is 5. The van der Waals surface area contributed by atoms with Gasteiger partial charge in [0.05, 0.1) is 30.4 Å². The lowest BCUT2D eigenvalue weighted by Gasteiger charge is -2.15. The minimum Gasteiger partial charge on any atom is -0.287 e. The molecule has 0 aliphatic rings. The van der Waals surface area contributed by atoms with E-state index in [1.807, 2.05) is 29.6 Å². The zero-order valence-corrected chi connectivity index (χ0v) is 14.3. The fourth-order valence-electron chi connectivity index (χ4n) is 2.50. The Morgan fingerprint density at radius 1 is 1.38 bits per heavy atom. The molecule has 0 aliphatic heterocycles. The van der Waals surface area contributed by atoms with Crippen molar-refractivity contribution in [1.29, 1.82) is 0 Å². The predicted molar refractivity (Wildman–Crippen MR) is 97.0 cm³/mol. The van der Waals surface area contributed by atoms with Crippen molar-refractivity contribution >= 4 is 22.1 Å². The first-order valence-electron chi connectivity index (χ1n) is 7.75. The highest BCUT2D eigenvalue weighted by molar-refractivity contribution is 7.09. The first kappa shape index (κ1) is 16.4. The third kappa shape index (κ3) is 3.53. The summed E-state index contributed by atoms with van der Waals surface area (Å²) in [4.78, 5) is 19.2. The van der Waals surface area contributed by atoms with Gasteiger partial charge in [0.2, 0.25) is 0 Å². The highest BCUT2D eigenvalue weighted by Crippen LogP contribution is 2.13. The zero-order chi connectivity index (χ0) is 16.9. The van der Waals surface area contributed by atoms with Gasteiger partial charge in [0.15, 0.2) is 0 Å². The average molecular weight is 338 g/mol. The lowest BCUT2D eigenvalue weighted by molar-refractivity contribution is 0.312. The van der Waals surface area contributed by atoms with Gasteiger partial charge in [-0.15, -0.1) is 17.8 Å². The second-order valence-corrected chi connectivity index (χ2v) is 6.38. The van der Waals surface area contributed by atoms with Crippen molar-refractivity contribution in [2.75, 3.05) is 13.1 Å². The van der Waals surface area contributed by atoms with E-state index in [0.717, 1.165) is 29.2 Å². The maximum Gasteiger partial charge on any atom is 0.275 e. The Labute approximate surface area is 144 Å². The van der Waals surface area contributed by atoms with Crippen LogP contribution >= 0.6 is 11.3 Å². The fourth-order valence-corrected chi connectivity index (χ4v) is 3.27. The third-order valence-electron chi connectivity index (χ3n) is 3.79. The van der Waals surface area contributed by atoms with Crippen LogP contribution in [0.15, 0.2) is 40.6 Å². The normalized spacial score (nSPS) is 11.0. The molecular weight excluding hydrogens is 320 g/mol. The molecule has 6 heteroatoms. The number of fused-ring (bicyclic) bond motifs is 1. The van der Waals surface area contributed by atoms with E-state index < -0.39 is 0 Å². The Morgan fingerprint density at radius 3 is 3.00 bits per heavy atom. The standard InChI is InChI=1S/C18H18N4OS/c1-3-9-21(4-2)11-15-13-24-17(20-15)12-22-18(23)16-8-6-5-7-14(16)10-19-22/h1,5-8,10,13H,4,9,11-12H2,2H3. The van der Waals surface area contributed by atoms with Crippen LogP contribution in [0.25, 0.3) is 10.8 Å². The molecule has 0 unspecified atom stereocenters. The Morgan fingerprint density at radius 2 is 2.21 bits per heavy atom.